The van der Waals surface area contributed by atoms with Crippen LogP contribution in [0.3, 0.4) is 0 Å². The highest BCUT2D eigenvalue weighted by Crippen LogP contribution is 2.22. The largest absolute Gasteiger partial charge is 0.396 e. The predicted octanol–water partition coefficient (Wildman–Crippen LogP) is 2.26. The standard InChI is InChI=1S/C14H24N4/c1-11-7-8-16-14(13(11)15)17-9-10-18(2)12-5-3-4-6-12/h7-8,12H,3-6,9-10,15H2,1-2H3,(H,16,17). The summed E-state index contributed by atoms with van der Waals surface area (Å²) in [6, 6.07) is 2.71. The minimum atomic E-state index is 0.765. The van der Waals surface area contributed by atoms with Gasteiger partial charge in [0.05, 0.1) is 5.69 Å². The lowest BCUT2D eigenvalue weighted by atomic mass is 10.2. The van der Waals surface area contributed by atoms with Gasteiger partial charge in [0, 0.05) is 25.3 Å². The maximum absolute atomic E-state index is 5.98. The first-order valence-electron chi connectivity index (χ1n) is 6.83. The molecule has 18 heavy (non-hydrogen) atoms. The number of hydrogen-bond donors (Lipinski definition) is 2. The third-order valence-electron chi connectivity index (χ3n) is 3.91. The number of rotatable bonds is 5. The molecule has 2 rings (SSSR count). The Balaban J connectivity index is 1.79. The quantitative estimate of drug-likeness (QED) is 0.839. The average Bonchev–Trinajstić information content (AvgIpc) is 2.88. The molecule has 0 aliphatic heterocycles. The van der Waals surface area contributed by atoms with Gasteiger partial charge in [-0.25, -0.2) is 4.98 Å². The van der Waals surface area contributed by atoms with E-state index in [1.807, 2.05) is 13.0 Å². The van der Waals surface area contributed by atoms with Gasteiger partial charge < -0.3 is 16.0 Å². The van der Waals surface area contributed by atoms with Crippen LogP contribution in [0.2, 0.25) is 0 Å². The number of nitrogens with zero attached hydrogens (tertiary/aromatic N) is 2. The monoisotopic (exact) mass is 248 g/mol. The van der Waals surface area contributed by atoms with Crippen LogP contribution in [0.15, 0.2) is 12.3 Å². The van der Waals surface area contributed by atoms with Crippen molar-refractivity contribution in [1.29, 1.82) is 0 Å². The molecule has 1 heterocycles. The Kier molecular flexibility index (Phi) is 4.42. The predicted molar refractivity (Wildman–Crippen MR) is 76.8 cm³/mol. The van der Waals surface area contributed by atoms with Crippen molar-refractivity contribution in [2.75, 3.05) is 31.2 Å². The number of aryl methyl sites for hydroxylation is 1. The summed E-state index contributed by atoms with van der Waals surface area (Å²) in [4.78, 5) is 6.73. The SMILES string of the molecule is Cc1ccnc(NCCN(C)C2CCCC2)c1N. The first-order valence-corrected chi connectivity index (χ1v) is 6.83. The van der Waals surface area contributed by atoms with Crippen LogP contribution in [-0.4, -0.2) is 36.1 Å². The summed E-state index contributed by atoms with van der Waals surface area (Å²) >= 11 is 0. The van der Waals surface area contributed by atoms with E-state index in [4.69, 9.17) is 5.73 Å². The van der Waals surface area contributed by atoms with Crippen molar-refractivity contribution in [2.24, 2.45) is 0 Å². The first-order chi connectivity index (χ1) is 8.68. The van der Waals surface area contributed by atoms with E-state index in [9.17, 15) is 0 Å². The molecule has 1 aliphatic carbocycles. The van der Waals surface area contributed by atoms with E-state index in [0.29, 0.717) is 0 Å². The normalized spacial score (nSPS) is 16.4. The average molecular weight is 248 g/mol. The van der Waals surface area contributed by atoms with Crippen LogP contribution in [0.25, 0.3) is 0 Å². The fourth-order valence-electron chi connectivity index (χ4n) is 2.59. The van der Waals surface area contributed by atoms with Gasteiger partial charge in [-0.15, -0.1) is 0 Å². The molecule has 0 bridgehead atoms. The zero-order valence-electron chi connectivity index (χ0n) is 11.4. The molecule has 0 spiro atoms. The summed E-state index contributed by atoms with van der Waals surface area (Å²) < 4.78 is 0. The molecule has 1 aliphatic rings. The summed E-state index contributed by atoms with van der Waals surface area (Å²) in [5, 5.41) is 3.33. The van der Waals surface area contributed by atoms with E-state index in [2.05, 4.69) is 22.2 Å². The summed E-state index contributed by atoms with van der Waals surface area (Å²) in [6.07, 6.45) is 7.26. The van der Waals surface area contributed by atoms with Gasteiger partial charge >= 0.3 is 0 Å². The first kappa shape index (κ1) is 13.1. The second-order valence-electron chi connectivity index (χ2n) is 5.24. The van der Waals surface area contributed by atoms with Crippen molar-refractivity contribution in [2.45, 2.75) is 38.6 Å². The van der Waals surface area contributed by atoms with Crippen LogP contribution >= 0.6 is 0 Å². The molecule has 0 atom stereocenters. The van der Waals surface area contributed by atoms with Gasteiger partial charge in [0.1, 0.15) is 5.82 Å². The van der Waals surface area contributed by atoms with E-state index in [-0.39, 0.29) is 0 Å². The van der Waals surface area contributed by atoms with Crippen molar-refractivity contribution in [1.82, 2.24) is 9.88 Å². The zero-order chi connectivity index (χ0) is 13.0. The molecule has 0 radical (unpaired) electrons. The van der Waals surface area contributed by atoms with Crippen molar-refractivity contribution in [3.63, 3.8) is 0 Å². The van der Waals surface area contributed by atoms with Gasteiger partial charge in [0.25, 0.3) is 0 Å². The lowest BCUT2D eigenvalue weighted by molar-refractivity contribution is 0.254. The number of nitrogens with two attached hydrogens (primary N) is 1. The third-order valence-corrected chi connectivity index (χ3v) is 3.91. The molecule has 3 N–H and O–H groups in total. The molecule has 4 heteroatoms. The van der Waals surface area contributed by atoms with Crippen molar-refractivity contribution < 1.29 is 0 Å². The maximum atomic E-state index is 5.98. The van der Waals surface area contributed by atoms with Crippen molar-refractivity contribution in [3.8, 4) is 0 Å². The van der Waals surface area contributed by atoms with E-state index in [0.717, 1.165) is 36.2 Å². The van der Waals surface area contributed by atoms with E-state index >= 15 is 0 Å². The second-order valence-corrected chi connectivity index (χ2v) is 5.24. The van der Waals surface area contributed by atoms with Crippen LogP contribution in [0.1, 0.15) is 31.2 Å². The number of likely N-dealkylation sites (N-methyl/N-ethyl adjacent to an activating group) is 1. The Bertz CT molecular complexity index is 385. The molecule has 1 aromatic rings. The zero-order valence-corrected chi connectivity index (χ0v) is 11.4. The summed E-state index contributed by atoms with van der Waals surface area (Å²) in [5.74, 6) is 0.815. The van der Waals surface area contributed by atoms with Gasteiger partial charge in [0.15, 0.2) is 0 Å². The molecule has 4 nitrogen and oxygen atoms in total. The molecule has 0 amide bonds. The topological polar surface area (TPSA) is 54.2 Å². The molecule has 0 saturated heterocycles. The Morgan fingerprint density at radius 1 is 1.44 bits per heavy atom. The molecular weight excluding hydrogens is 224 g/mol. The molecule has 1 saturated carbocycles. The maximum Gasteiger partial charge on any atom is 0.149 e. The summed E-state index contributed by atoms with van der Waals surface area (Å²) in [7, 11) is 2.21. The smallest absolute Gasteiger partial charge is 0.149 e. The van der Waals surface area contributed by atoms with Gasteiger partial charge in [-0.1, -0.05) is 12.8 Å². The third kappa shape index (κ3) is 3.13. The lowest BCUT2D eigenvalue weighted by Crippen LogP contribution is -2.33. The molecule has 1 aromatic heterocycles. The second kappa shape index (κ2) is 6.05. The van der Waals surface area contributed by atoms with Gasteiger partial charge in [-0.05, 0) is 38.4 Å². The lowest BCUT2D eigenvalue weighted by Gasteiger charge is -2.24. The highest BCUT2D eigenvalue weighted by molar-refractivity contribution is 5.64. The Morgan fingerprint density at radius 3 is 2.89 bits per heavy atom. The Morgan fingerprint density at radius 2 is 2.17 bits per heavy atom. The minimum absolute atomic E-state index is 0.765. The van der Waals surface area contributed by atoms with Crippen molar-refractivity contribution in [3.05, 3.63) is 17.8 Å². The number of anilines is 2. The number of aromatic nitrogens is 1. The van der Waals surface area contributed by atoms with Gasteiger partial charge in [-0.2, -0.15) is 0 Å². The van der Waals surface area contributed by atoms with Crippen molar-refractivity contribution >= 4 is 11.5 Å². The van der Waals surface area contributed by atoms with Crippen LogP contribution < -0.4 is 11.1 Å². The molecule has 0 unspecified atom stereocenters. The van der Waals surface area contributed by atoms with E-state index < -0.39 is 0 Å². The number of hydrogen-bond acceptors (Lipinski definition) is 4. The number of pyridine rings is 1. The van der Waals surface area contributed by atoms with E-state index in [1.54, 1.807) is 6.20 Å². The molecule has 0 aromatic carbocycles. The fourth-order valence-corrected chi connectivity index (χ4v) is 2.59. The van der Waals surface area contributed by atoms with Gasteiger partial charge in [-0.3, -0.25) is 0 Å². The van der Waals surface area contributed by atoms with Gasteiger partial charge in [0.2, 0.25) is 0 Å². The van der Waals surface area contributed by atoms with Crippen LogP contribution in [0.5, 0.6) is 0 Å². The summed E-state index contributed by atoms with van der Waals surface area (Å²) in [6.45, 7) is 3.94. The van der Waals surface area contributed by atoms with Crippen LogP contribution in [-0.2, 0) is 0 Å². The minimum Gasteiger partial charge on any atom is -0.396 e. The molecule has 100 valence electrons. The number of nitrogen functional groups attached to an aromatic ring is 1. The highest BCUT2D eigenvalue weighted by Gasteiger charge is 2.18. The Hall–Kier alpha value is -1.29. The van der Waals surface area contributed by atoms with Crippen LogP contribution in [0.4, 0.5) is 11.5 Å². The molecular formula is C14H24N4. The molecule has 1 fully saturated rings. The highest BCUT2D eigenvalue weighted by atomic mass is 15.2. The van der Waals surface area contributed by atoms with Crippen LogP contribution in [0, 0.1) is 6.92 Å². The summed E-state index contributed by atoms with van der Waals surface area (Å²) in [5.41, 5.74) is 7.83. The number of nitrogens with one attached hydrogen (secondary N) is 1. The van der Waals surface area contributed by atoms with E-state index in [1.165, 1.54) is 25.7 Å². The fraction of sp³-hybridized carbons (Fsp3) is 0.643. The Labute approximate surface area is 110 Å².